The molecule has 0 bridgehead atoms. The number of benzene rings is 2. The van der Waals surface area contributed by atoms with Gasteiger partial charge in [-0.1, -0.05) is 6.07 Å². The molecule has 0 spiro atoms. The molecule has 9 heteroatoms. The minimum absolute atomic E-state index is 0.0800. The van der Waals surface area contributed by atoms with Crippen molar-refractivity contribution in [3.63, 3.8) is 0 Å². The van der Waals surface area contributed by atoms with Gasteiger partial charge in [0.25, 0.3) is 11.6 Å². The molecule has 0 saturated carbocycles. The molecule has 0 saturated heterocycles. The first-order valence-electron chi connectivity index (χ1n) is 9.33. The standard InChI is InChI=1S/C22H18N4O5/c1-30-19-10-7-16(24-22(27)15-5-8-18(9-6-15)26(28)29)12-20(19)31-14-17-13-25-11-3-2-4-21(25)23-17/h2-13H,14H2,1H3,(H,24,27). The molecular formula is C22H18N4O5. The lowest BCUT2D eigenvalue weighted by Crippen LogP contribution is -2.12. The Morgan fingerprint density at radius 3 is 2.65 bits per heavy atom. The van der Waals surface area contributed by atoms with Gasteiger partial charge in [-0.15, -0.1) is 0 Å². The summed E-state index contributed by atoms with van der Waals surface area (Å²) in [6.45, 7) is 0.220. The van der Waals surface area contributed by atoms with Crippen molar-refractivity contribution in [3.8, 4) is 11.5 Å². The number of aromatic nitrogens is 2. The smallest absolute Gasteiger partial charge is 0.269 e. The molecule has 4 aromatic rings. The van der Waals surface area contributed by atoms with Gasteiger partial charge in [0.2, 0.25) is 0 Å². The van der Waals surface area contributed by atoms with Gasteiger partial charge in [0.15, 0.2) is 11.5 Å². The van der Waals surface area contributed by atoms with Crippen LogP contribution in [0.1, 0.15) is 16.1 Å². The molecule has 0 aliphatic rings. The first-order valence-corrected chi connectivity index (χ1v) is 9.33. The second kappa shape index (κ2) is 8.54. The Kier molecular flexibility index (Phi) is 5.48. The van der Waals surface area contributed by atoms with Gasteiger partial charge in [-0.3, -0.25) is 14.9 Å². The number of methoxy groups -OCH3 is 1. The summed E-state index contributed by atoms with van der Waals surface area (Å²) in [5.74, 6) is 0.560. The van der Waals surface area contributed by atoms with E-state index < -0.39 is 10.8 Å². The topological polar surface area (TPSA) is 108 Å². The summed E-state index contributed by atoms with van der Waals surface area (Å²) < 4.78 is 13.1. The number of pyridine rings is 1. The molecule has 0 fully saturated rings. The van der Waals surface area contributed by atoms with Crippen molar-refractivity contribution in [2.75, 3.05) is 12.4 Å². The fourth-order valence-electron chi connectivity index (χ4n) is 3.01. The molecule has 156 valence electrons. The number of nitrogens with zero attached hydrogens (tertiary/aromatic N) is 3. The maximum Gasteiger partial charge on any atom is 0.269 e. The zero-order valence-corrected chi connectivity index (χ0v) is 16.5. The number of imidazole rings is 1. The van der Waals surface area contributed by atoms with E-state index in [1.54, 1.807) is 18.2 Å². The molecule has 31 heavy (non-hydrogen) atoms. The van der Waals surface area contributed by atoms with Gasteiger partial charge in [-0.25, -0.2) is 4.98 Å². The van der Waals surface area contributed by atoms with Crippen LogP contribution in [0.4, 0.5) is 11.4 Å². The number of hydrogen-bond donors (Lipinski definition) is 1. The molecule has 0 aliphatic heterocycles. The largest absolute Gasteiger partial charge is 0.493 e. The van der Waals surface area contributed by atoms with E-state index in [0.717, 1.165) is 11.3 Å². The third kappa shape index (κ3) is 4.45. The third-order valence-corrected chi connectivity index (χ3v) is 4.55. The SMILES string of the molecule is COc1ccc(NC(=O)c2ccc([N+](=O)[O-])cc2)cc1OCc1cn2ccccc2n1. The van der Waals surface area contributed by atoms with Crippen LogP contribution in [-0.2, 0) is 6.61 Å². The molecule has 1 N–H and O–H groups in total. The molecule has 2 heterocycles. The van der Waals surface area contributed by atoms with Crippen molar-refractivity contribution in [1.29, 1.82) is 0 Å². The minimum atomic E-state index is -0.516. The average Bonchev–Trinajstić information content (AvgIpc) is 3.21. The number of fused-ring (bicyclic) bond motifs is 1. The molecular weight excluding hydrogens is 400 g/mol. The zero-order valence-electron chi connectivity index (χ0n) is 16.5. The van der Waals surface area contributed by atoms with Crippen molar-refractivity contribution in [3.05, 3.63) is 94.4 Å². The third-order valence-electron chi connectivity index (χ3n) is 4.55. The second-order valence-electron chi connectivity index (χ2n) is 6.61. The Bertz CT molecular complexity index is 1220. The number of non-ortho nitro benzene ring substituents is 1. The van der Waals surface area contributed by atoms with E-state index >= 15 is 0 Å². The molecule has 0 atom stereocenters. The first-order chi connectivity index (χ1) is 15.0. The zero-order chi connectivity index (χ0) is 21.8. The number of carbonyl (C=O) groups excluding carboxylic acids is 1. The highest BCUT2D eigenvalue weighted by Gasteiger charge is 2.12. The van der Waals surface area contributed by atoms with Crippen molar-refractivity contribution >= 4 is 22.9 Å². The lowest BCUT2D eigenvalue weighted by molar-refractivity contribution is -0.384. The highest BCUT2D eigenvalue weighted by molar-refractivity contribution is 6.04. The number of ether oxygens (including phenoxy) is 2. The molecule has 4 rings (SSSR count). The maximum atomic E-state index is 12.5. The van der Waals surface area contributed by atoms with E-state index in [-0.39, 0.29) is 12.3 Å². The number of nitro benzene ring substituents is 1. The number of anilines is 1. The summed E-state index contributed by atoms with van der Waals surface area (Å²) in [6.07, 6.45) is 3.78. The Hall–Kier alpha value is -4.40. The lowest BCUT2D eigenvalue weighted by Gasteiger charge is -2.12. The quantitative estimate of drug-likeness (QED) is 0.358. The predicted octanol–water partition coefficient (Wildman–Crippen LogP) is 4.08. The molecule has 0 aliphatic carbocycles. The van der Waals surface area contributed by atoms with Crippen LogP contribution in [0, 0.1) is 10.1 Å². The second-order valence-corrected chi connectivity index (χ2v) is 6.61. The van der Waals surface area contributed by atoms with Crippen LogP contribution in [-0.4, -0.2) is 27.3 Å². The summed E-state index contributed by atoms with van der Waals surface area (Å²) in [7, 11) is 1.53. The Morgan fingerprint density at radius 2 is 1.94 bits per heavy atom. The van der Waals surface area contributed by atoms with E-state index in [0.29, 0.717) is 22.7 Å². The van der Waals surface area contributed by atoms with Crippen LogP contribution in [0.2, 0.25) is 0 Å². The molecule has 2 aromatic carbocycles. The van der Waals surface area contributed by atoms with Gasteiger partial charge in [0.1, 0.15) is 12.3 Å². The Labute approximate surface area is 177 Å². The van der Waals surface area contributed by atoms with Gasteiger partial charge in [-0.2, -0.15) is 0 Å². The summed E-state index contributed by atoms with van der Waals surface area (Å²) >= 11 is 0. The van der Waals surface area contributed by atoms with Crippen molar-refractivity contribution in [2.45, 2.75) is 6.61 Å². The number of carbonyl (C=O) groups is 1. The highest BCUT2D eigenvalue weighted by atomic mass is 16.6. The van der Waals surface area contributed by atoms with Gasteiger partial charge >= 0.3 is 0 Å². The van der Waals surface area contributed by atoms with E-state index in [4.69, 9.17) is 9.47 Å². The number of amides is 1. The van der Waals surface area contributed by atoms with Crippen LogP contribution in [0.5, 0.6) is 11.5 Å². The molecule has 1 amide bonds. The normalized spacial score (nSPS) is 10.6. The van der Waals surface area contributed by atoms with Crippen molar-refractivity contribution in [2.24, 2.45) is 0 Å². The highest BCUT2D eigenvalue weighted by Crippen LogP contribution is 2.31. The van der Waals surface area contributed by atoms with Crippen LogP contribution < -0.4 is 14.8 Å². The molecule has 0 unspecified atom stereocenters. The van der Waals surface area contributed by atoms with Gasteiger partial charge in [0, 0.05) is 41.8 Å². The van der Waals surface area contributed by atoms with Crippen LogP contribution in [0.25, 0.3) is 5.65 Å². The monoisotopic (exact) mass is 418 g/mol. The number of nitrogens with one attached hydrogen (secondary N) is 1. The summed E-state index contributed by atoms with van der Waals surface area (Å²) in [5.41, 5.74) is 2.28. The van der Waals surface area contributed by atoms with Gasteiger partial charge < -0.3 is 19.2 Å². The van der Waals surface area contributed by atoms with Crippen LogP contribution >= 0.6 is 0 Å². The number of nitro groups is 1. The van der Waals surface area contributed by atoms with Gasteiger partial charge in [0.05, 0.1) is 17.7 Å². The Morgan fingerprint density at radius 1 is 1.13 bits per heavy atom. The van der Waals surface area contributed by atoms with E-state index in [2.05, 4.69) is 10.3 Å². The van der Waals surface area contributed by atoms with Crippen molar-refractivity contribution in [1.82, 2.24) is 9.38 Å². The number of rotatable bonds is 7. The maximum absolute atomic E-state index is 12.5. The number of hydrogen-bond acceptors (Lipinski definition) is 6. The fraction of sp³-hybridized carbons (Fsp3) is 0.0909. The predicted molar refractivity (Wildman–Crippen MR) is 114 cm³/mol. The lowest BCUT2D eigenvalue weighted by atomic mass is 10.2. The fourth-order valence-corrected chi connectivity index (χ4v) is 3.01. The van der Waals surface area contributed by atoms with Crippen LogP contribution in [0.15, 0.2) is 73.1 Å². The van der Waals surface area contributed by atoms with E-state index in [1.807, 2.05) is 35.0 Å². The van der Waals surface area contributed by atoms with Crippen molar-refractivity contribution < 1.29 is 19.2 Å². The summed E-state index contributed by atoms with van der Waals surface area (Å²) in [4.78, 5) is 27.2. The first kappa shape index (κ1) is 19.9. The molecule has 0 radical (unpaired) electrons. The van der Waals surface area contributed by atoms with Crippen LogP contribution in [0.3, 0.4) is 0 Å². The van der Waals surface area contributed by atoms with E-state index in [9.17, 15) is 14.9 Å². The molecule has 2 aromatic heterocycles. The van der Waals surface area contributed by atoms with E-state index in [1.165, 1.54) is 31.4 Å². The Balaban J connectivity index is 1.48. The summed E-state index contributed by atoms with van der Waals surface area (Å²) in [6, 6.07) is 16.1. The summed E-state index contributed by atoms with van der Waals surface area (Å²) in [5, 5.41) is 13.5. The van der Waals surface area contributed by atoms with Gasteiger partial charge in [-0.05, 0) is 36.4 Å². The molecule has 9 nitrogen and oxygen atoms in total. The average molecular weight is 418 g/mol. The minimum Gasteiger partial charge on any atom is -0.493 e.